The zero-order chi connectivity index (χ0) is 20.8. The number of carbonyl (C=O) groups is 1. The van der Waals surface area contributed by atoms with Crippen LogP contribution in [0.2, 0.25) is 0 Å². The number of rotatable bonds is 1. The lowest BCUT2D eigenvalue weighted by molar-refractivity contribution is -0.143. The van der Waals surface area contributed by atoms with Crippen molar-refractivity contribution < 1.29 is 41.0 Å². The maximum absolute atomic E-state index is 13.0. The van der Waals surface area contributed by atoms with Gasteiger partial charge in [0.1, 0.15) is 11.4 Å². The lowest BCUT2D eigenvalue weighted by atomic mass is 9.99. The molecule has 2 rings (SSSR count). The fourth-order valence-electron chi connectivity index (χ4n) is 2.10. The van der Waals surface area contributed by atoms with Gasteiger partial charge in [0.25, 0.3) is 0 Å². The molecule has 0 aliphatic carbocycles. The summed E-state index contributed by atoms with van der Waals surface area (Å²) in [4.78, 5) is 11.9. The van der Waals surface area contributed by atoms with Crippen LogP contribution in [-0.2, 0) is 17.1 Å². The zero-order valence-corrected chi connectivity index (χ0v) is 14.2. The summed E-state index contributed by atoms with van der Waals surface area (Å²) in [7, 11) is 0. The minimum absolute atomic E-state index is 0.183. The number of nitrogens with zero attached hydrogens (tertiary/aromatic N) is 2. The molecule has 0 saturated carbocycles. The first kappa shape index (κ1) is 20.6. The Kier molecular flexibility index (Phi) is 4.93. The predicted molar refractivity (Wildman–Crippen MR) is 81.0 cm³/mol. The van der Waals surface area contributed by atoms with Gasteiger partial charge in [-0.3, -0.25) is 0 Å². The first-order valence-corrected chi connectivity index (χ1v) is 7.39. The van der Waals surface area contributed by atoms with Crippen LogP contribution in [0.1, 0.15) is 31.9 Å². The summed E-state index contributed by atoms with van der Waals surface area (Å²) in [6.45, 7) is 4.68. The first-order valence-electron chi connectivity index (χ1n) is 7.39. The molecule has 0 fully saturated rings. The molecule has 0 bridgehead atoms. The number of hydrogen-bond donors (Lipinski definition) is 1. The van der Waals surface area contributed by atoms with E-state index >= 15 is 0 Å². The van der Waals surface area contributed by atoms with E-state index in [9.17, 15) is 36.2 Å². The smallest absolute Gasteiger partial charge is 0.435 e. The molecule has 0 spiro atoms. The van der Waals surface area contributed by atoms with Crippen LogP contribution >= 0.6 is 0 Å². The van der Waals surface area contributed by atoms with Gasteiger partial charge >= 0.3 is 18.4 Å². The molecular weight excluding hydrogens is 382 g/mol. The van der Waals surface area contributed by atoms with Gasteiger partial charge in [0.2, 0.25) is 0 Å². The molecule has 5 nitrogen and oxygen atoms in total. The Hall–Kier alpha value is -2.72. The average molecular weight is 396 g/mol. The maximum Gasteiger partial charge on any atom is 0.435 e. The van der Waals surface area contributed by atoms with E-state index in [-0.39, 0.29) is 11.6 Å². The SMILES string of the molecule is CC(C)(C)OC(=O)n1cc(-c2cc(C(F)(F)F)cc(C(F)(F)F)c2O)cn1. The lowest BCUT2D eigenvalue weighted by Gasteiger charge is -2.18. The monoisotopic (exact) mass is 396 g/mol. The van der Waals surface area contributed by atoms with E-state index in [1.54, 1.807) is 20.8 Å². The summed E-state index contributed by atoms with van der Waals surface area (Å²) in [5.41, 5.74) is -5.45. The molecule has 11 heteroatoms. The molecule has 0 aliphatic rings. The van der Waals surface area contributed by atoms with Gasteiger partial charge in [-0.2, -0.15) is 36.1 Å². The van der Waals surface area contributed by atoms with Gasteiger partial charge in [-0.25, -0.2) is 4.79 Å². The second-order valence-electron chi connectivity index (χ2n) is 6.57. The fourth-order valence-corrected chi connectivity index (χ4v) is 2.10. The number of aromatic nitrogens is 2. The first-order chi connectivity index (χ1) is 12.1. The number of hydrogen-bond acceptors (Lipinski definition) is 4. The van der Waals surface area contributed by atoms with Crippen molar-refractivity contribution in [2.24, 2.45) is 0 Å². The summed E-state index contributed by atoms with van der Waals surface area (Å²) in [5, 5.41) is 13.4. The molecule has 0 saturated heterocycles. The number of aromatic hydroxyl groups is 1. The third-order valence-corrected chi connectivity index (χ3v) is 3.22. The van der Waals surface area contributed by atoms with Crippen LogP contribution in [0.3, 0.4) is 0 Å². The second-order valence-corrected chi connectivity index (χ2v) is 6.57. The highest BCUT2D eigenvalue weighted by atomic mass is 19.4. The van der Waals surface area contributed by atoms with Crippen LogP contribution in [-0.4, -0.2) is 26.6 Å². The predicted octanol–water partition coefficient (Wildman–Crippen LogP) is 5.08. The second kappa shape index (κ2) is 6.46. The standard InChI is InChI=1S/C16H14F6N2O3/c1-14(2,3)27-13(26)24-7-8(6-23-24)10-4-9(15(17,18)19)5-11(12(10)25)16(20,21)22/h4-7,25H,1-3H3. The van der Waals surface area contributed by atoms with Crippen molar-refractivity contribution in [3.63, 3.8) is 0 Å². The maximum atomic E-state index is 13.0. The van der Waals surface area contributed by atoms with Crippen LogP contribution in [0.4, 0.5) is 31.1 Å². The summed E-state index contributed by atoms with van der Waals surface area (Å²) in [6, 6.07) is 0.165. The molecule has 0 radical (unpaired) electrons. The number of phenols is 1. The number of ether oxygens (including phenoxy) is 1. The summed E-state index contributed by atoms with van der Waals surface area (Å²) >= 11 is 0. The van der Waals surface area contributed by atoms with Crippen LogP contribution in [0.25, 0.3) is 11.1 Å². The van der Waals surface area contributed by atoms with E-state index in [2.05, 4.69) is 5.10 Å². The van der Waals surface area contributed by atoms with Crippen LogP contribution < -0.4 is 0 Å². The molecule has 0 unspecified atom stereocenters. The Morgan fingerprint density at radius 2 is 1.67 bits per heavy atom. The van der Waals surface area contributed by atoms with Crippen molar-refractivity contribution in [3.05, 3.63) is 35.7 Å². The van der Waals surface area contributed by atoms with Gasteiger partial charge in [-0.05, 0) is 32.9 Å². The third kappa shape index (κ3) is 4.72. The number of benzene rings is 1. The molecule has 0 atom stereocenters. The number of halogens is 6. The van der Waals surface area contributed by atoms with E-state index in [0.29, 0.717) is 10.7 Å². The Bertz CT molecular complexity index is 863. The van der Waals surface area contributed by atoms with Crippen LogP contribution in [0.5, 0.6) is 5.75 Å². The van der Waals surface area contributed by atoms with E-state index in [1.165, 1.54) is 0 Å². The van der Waals surface area contributed by atoms with Crippen molar-refractivity contribution >= 4 is 6.09 Å². The molecular formula is C16H14F6N2O3. The van der Waals surface area contributed by atoms with Crippen LogP contribution in [0, 0.1) is 0 Å². The van der Waals surface area contributed by atoms with E-state index < -0.39 is 46.5 Å². The summed E-state index contributed by atoms with van der Waals surface area (Å²) < 4.78 is 83.5. The minimum Gasteiger partial charge on any atom is -0.507 e. The zero-order valence-electron chi connectivity index (χ0n) is 14.2. The topological polar surface area (TPSA) is 64.3 Å². The van der Waals surface area contributed by atoms with Gasteiger partial charge in [-0.1, -0.05) is 0 Å². The Balaban J connectivity index is 2.57. The summed E-state index contributed by atoms with van der Waals surface area (Å²) in [6.07, 6.45) is -9.58. The highest BCUT2D eigenvalue weighted by Gasteiger charge is 2.40. The summed E-state index contributed by atoms with van der Waals surface area (Å²) in [5.74, 6) is -1.40. The molecule has 0 amide bonds. The Morgan fingerprint density at radius 1 is 1.07 bits per heavy atom. The van der Waals surface area contributed by atoms with E-state index in [1.807, 2.05) is 0 Å². The van der Waals surface area contributed by atoms with Crippen molar-refractivity contribution in [1.29, 1.82) is 0 Å². The van der Waals surface area contributed by atoms with Gasteiger partial charge < -0.3 is 9.84 Å². The molecule has 1 heterocycles. The minimum atomic E-state index is -5.22. The van der Waals surface area contributed by atoms with Gasteiger partial charge in [-0.15, -0.1) is 0 Å². The van der Waals surface area contributed by atoms with Crippen molar-refractivity contribution in [2.75, 3.05) is 0 Å². The van der Waals surface area contributed by atoms with Gasteiger partial charge in [0.15, 0.2) is 0 Å². The van der Waals surface area contributed by atoms with Crippen molar-refractivity contribution in [3.8, 4) is 16.9 Å². The lowest BCUT2D eigenvalue weighted by Crippen LogP contribution is -2.27. The molecule has 1 aromatic heterocycles. The van der Waals surface area contributed by atoms with Gasteiger partial charge in [0, 0.05) is 17.3 Å². The molecule has 1 aromatic carbocycles. The normalized spacial score (nSPS) is 12.9. The molecule has 2 aromatic rings. The Morgan fingerprint density at radius 3 is 2.15 bits per heavy atom. The largest absolute Gasteiger partial charge is 0.507 e. The fraction of sp³-hybridized carbons (Fsp3) is 0.375. The number of carbonyl (C=O) groups excluding carboxylic acids is 1. The van der Waals surface area contributed by atoms with Crippen molar-refractivity contribution in [1.82, 2.24) is 9.78 Å². The van der Waals surface area contributed by atoms with E-state index in [4.69, 9.17) is 4.74 Å². The number of phenolic OH excluding ortho intramolecular Hbond substituents is 1. The quantitative estimate of drug-likeness (QED) is 0.683. The molecule has 148 valence electrons. The molecule has 0 aliphatic heterocycles. The molecule has 1 N–H and O–H groups in total. The average Bonchev–Trinajstić information content (AvgIpc) is 2.92. The van der Waals surface area contributed by atoms with Crippen molar-refractivity contribution in [2.45, 2.75) is 38.7 Å². The third-order valence-electron chi connectivity index (χ3n) is 3.22. The van der Waals surface area contributed by atoms with Crippen LogP contribution in [0.15, 0.2) is 24.5 Å². The van der Waals surface area contributed by atoms with Gasteiger partial charge in [0.05, 0.1) is 17.3 Å². The number of alkyl halides is 6. The van der Waals surface area contributed by atoms with E-state index in [0.717, 1.165) is 12.4 Å². The highest BCUT2D eigenvalue weighted by molar-refractivity contribution is 5.76. The molecule has 27 heavy (non-hydrogen) atoms. The Labute approximate surface area is 149 Å². The highest BCUT2D eigenvalue weighted by Crippen LogP contribution is 2.45.